The first-order valence-electron chi connectivity index (χ1n) is 12.6. The Morgan fingerprint density at radius 3 is 2.70 bits per heavy atom. The van der Waals surface area contributed by atoms with Crippen molar-refractivity contribution in [3.63, 3.8) is 0 Å². The summed E-state index contributed by atoms with van der Waals surface area (Å²) in [5, 5.41) is 21.9. The third kappa shape index (κ3) is 3.97. The van der Waals surface area contributed by atoms with Crippen LogP contribution >= 0.6 is 11.6 Å². The molecule has 1 aromatic heterocycles. The van der Waals surface area contributed by atoms with Gasteiger partial charge in [0, 0.05) is 42.7 Å². The van der Waals surface area contributed by atoms with E-state index in [2.05, 4.69) is 9.97 Å². The maximum absolute atomic E-state index is 15.2. The van der Waals surface area contributed by atoms with Crippen LogP contribution in [-0.4, -0.2) is 62.6 Å². The van der Waals surface area contributed by atoms with Crippen LogP contribution in [0.25, 0.3) is 11.0 Å². The Labute approximate surface area is 232 Å². The fourth-order valence-electron chi connectivity index (χ4n) is 5.39. The molecule has 1 atom stereocenters. The molecule has 40 heavy (non-hydrogen) atoms. The minimum atomic E-state index is -2.11. The Morgan fingerprint density at radius 2 is 1.95 bits per heavy atom. The average Bonchev–Trinajstić information content (AvgIpc) is 3.61. The SMILES string of the molecule is O=C1CCCN1CCN(C(=O)O)c1nc2ccc(C3(O)c4ccccc4C(=O)N3c3cccc(Cl)c3F)cc2[nH]1. The van der Waals surface area contributed by atoms with Crippen molar-refractivity contribution >= 4 is 52.2 Å². The maximum Gasteiger partial charge on any atom is 0.414 e. The van der Waals surface area contributed by atoms with Crippen molar-refractivity contribution in [1.82, 2.24) is 14.9 Å². The van der Waals surface area contributed by atoms with E-state index in [1.807, 2.05) is 0 Å². The number of aliphatic hydroxyl groups is 1. The number of rotatable bonds is 6. The summed E-state index contributed by atoms with van der Waals surface area (Å²) in [5.41, 5.74) is -0.852. The number of halogens is 2. The minimum absolute atomic E-state index is 0.0140. The van der Waals surface area contributed by atoms with Crippen LogP contribution < -0.4 is 9.80 Å². The number of aromatic nitrogens is 2. The van der Waals surface area contributed by atoms with E-state index in [1.165, 1.54) is 18.2 Å². The predicted octanol–water partition coefficient (Wildman–Crippen LogP) is 4.32. The summed E-state index contributed by atoms with van der Waals surface area (Å²) in [4.78, 5) is 48.5. The molecule has 0 radical (unpaired) electrons. The second kappa shape index (κ2) is 9.61. The number of likely N-dealkylation sites (tertiary alicyclic amines) is 1. The predicted molar refractivity (Wildman–Crippen MR) is 145 cm³/mol. The molecule has 1 saturated heterocycles. The fourth-order valence-corrected chi connectivity index (χ4v) is 5.56. The largest absolute Gasteiger partial charge is 0.465 e. The Bertz CT molecular complexity index is 1690. The second-order valence-electron chi connectivity index (χ2n) is 9.64. The highest BCUT2D eigenvalue weighted by Gasteiger charge is 2.51. The first kappa shape index (κ1) is 25.8. The van der Waals surface area contributed by atoms with Gasteiger partial charge in [0.05, 0.1) is 21.7 Å². The van der Waals surface area contributed by atoms with Gasteiger partial charge < -0.3 is 20.1 Å². The lowest BCUT2D eigenvalue weighted by Gasteiger charge is -2.35. The smallest absolute Gasteiger partial charge is 0.414 e. The van der Waals surface area contributed by atoms with Gasteiger partial charge in [-0.05, 0) is 36.8 Å². The van der Waals surface area contributed by atoms with Crippen molar-refractivity contribution in [2.24, 2.45) is 0 Å². The Balaban J connectivity index is 1.42. The van der Waals surface area contributed by atoms with Crippen LogP contribution in [0.4, 0.5) is 20.8 Å². The molecule has 2 aliphatic rings. The number of anilines is 2. The van der Waals surface area contributed by atoms with E-state index in [0.29, 0.717) is 24.0 Å². The summed E-state index contributed by atoms with van der Waals surface area (Å²) in [7, 11) is 0. The number of aromatic amines is 1. The van der Waals surface area contributed by atoms with E-state index in [-0.39, 0.29) is 52.3 Å². The van der Waals surface area contributed by atoms with Crippen molar-refractivity contribution in [3.8, 4) is 0 Å². The maximum atomic E-state index is 15.2. The lowest BCUT2D eigenvalue weighted by atomic mass is 9.93. The van der Waals surface area contributed by atoms with Gasteiger partial charge in [-0.1, -0.05) is 41.9 Å². The number of carboxylic acid groups (broad SMARTS) is 1. The molecule has 4 aromatic rings. The summed E-state index contributed by atoms with van der Waals surface area (Å²) in [6, 6.07) is 15.3. The summed E-state index contributed by atoms with van der Waals surface area (Å²) in [6.45, 7) is 0.825. The number of nitrogens with one attached hydrogen (secondary N) is 1. The molecular weight excluding hydrogens is 541 g/mol. The van der Waals surface area contributed by atoms with Crippen LogP contribution in [0.5, 0.6) is 0 Å². The van der Waals surface area contributed by atoms with Crippen molar-refractivity contribution in [3.05, 3.63) is 88.2 Å². The number of nitrogens with zero attached hydrogens (tertiary/aromatic N) is 4. The van der Waals surface area contributed by atoms with Gasteiger partial charge in [0.2, 0.25) is 11.9 Å². The lowest BCUT2D eigenvalue weighted by Crippen LogP contribution is -2.45. The molecule has 0 spiro atoms. The number of amides is 3. The normalized spacial score (nSPS) is 18.6. The molecule has 0 aliphatic carbocycles. The molecule has 204 valence electrons. The van der Waals surface area contributed by atoms with Crippen LogP contribution in [0.2, 0.25) is 5.02 Å². The average molecular weight is 564 g/mol. The number of hydrogen-bond acceptors (Lipinski definition) is 5. The van der Waals surface area contributed by atoms with E-state index in [9.17, 15) is 24.6 Å². The van der Waals surface area contributed by atoms with Gasteiger partial charge in [-0.2, -0.15) is 0 Å². The number of hydrogen-bond donors (Lipinski definition) is 3. The molecule has 3 aromatic carbocycles. The van der Waals surface area contributed by atoms with Gasteiger partial charge >= 0.3 is 6.09 Å². The van der Waals surface area contributed by atoms with Crippen LogP contribution in [0.3, 0.4) is 0 Å². The highest BCUT2D eigenvalue weighted by atomic mass is 35.5. The molecule has 3 heterocycles. The van der Waals surface area contributed by atoms with Crippen LogP contribution in [0, 0.1) is 5.82 Å². The van der Waals surface area contributed by atoms with Crippen molar-refractivity contribution < 1.29 is 29.0 Å². The minimum Gasteiger partial charge on any atom is -0.465 e. The second-order valence-corrected chi connectivity index (χ2v) is 10.0. The van der Waals surface area contributed by atoms with Crippen LogP contribution in [0.1, 0.15) is 34.3 Å². The number of fused-ring (bicyclic) bond motifs is 2. The molecule has 1 fully saturated rings. The monoisotopic (exact) mass is 563 g/mol. The third-order valence-electron chi connectivity index (χ3n) is 7.36. The van der Waals surface area contributed by atoms with Gasteiger partial charge in [0.1, 0.15) is 0 Å². The summed E-state index contributed by atoms with van der Waals surface area (Å²) in [6.07, 6.45) is -0.0581. The molecular formula is C28H23ClFN5O5. The fraction of sp³-hybridized carbons (Fsp3) is 0.214. The zero-order chi connectivity index (χ0) is 28.2. The van der Waals surface area contributed by atoms with Gasteiger partial charge in [-0.3, -0.25) is 14.5 Å². The topological polar surface area (TPSA) is 130 Å². The van der Waals surface area contributed by atoms with Gasteiger partial charge in [0.25, 0.3) is 5.91 Å². The number of imidazole rings is 1. The zero-order valence-corrected chi connectivity index (χ0v) is 21.7. The van der Waals surface area contributed by atoms with Crippen molar-refractivity contribution in [1.29, 1.82) is 0 Å². The Kier molecular flexibility index (Phi) is 6.20. The summed E-state index contributed by atoms with van der Waals surface area (Å²) >= 11 is 6.02. The number of carbonyl (C=O) groups excluding carboxylic acids is 2. The molecule has 0 bridgehead atoms. The van der Waals surface area contributed by atoms with E-state index in [0.717, 1.165) is 16.2 Å². The van der Waals surface area contributed by atoms with E-state index in [1.54, 1.807) is 47.4 Å². The molecule has 10 nitrogen and oxygen atoms in total. The van der Waals surface area contributed by atoms with Crippen molar-refractivity contribution in [2.75, 3.05) is 29.4 Å². The molecule has 3 N–H and O–H groups in total. The molecule has 12 heteroatoms. The quantitative estimate of drug-likeness (QED) is 0.320. The van der Waals surface area contributed by atoms with E-state index >= 15 is 4.39 Å². The molecule has 6 rings (SSSR count). The standard InChI is InChI=1S/C28H23ClFN5O5/c29-19-7-3-8-22(24(19)30)35-25(37)17-5-1-2-6-18(17)28(35,40)16-10-11-20-21(15-16)32-26(31-20)34(27(38)39)14-13-33-12-4-9-23(33)36/h1-3,5-8,10-11,15,40H,4,9,12-14H2,(H,31,32)(H,38,39). The molecule has 3 amide bonds. The van der Waals surface area contributed by atoms with Gasteiger partial charge in [-0.25, -0.2) is 19.1 Å². The number of H-pyrrole nitrogens is 1. The molecule has 2 aliphatic heterocycles. The number of carbonyl (C=O) groups is 3. The highest BCUT2D eigenvalue weighted by molar-refractivity contribution is 6.31. The van der Waals surface area contributed by atoms with Gasteiger partial charge in [-0.15, -0.1) is 0 Å². The summed E-state index contributed by atoms with van der Waals surface area (Å²) in [5.74, 6) is -1.45. The first-order chi connectivity index (χ1) is 19.2. The summed E-state index contributed by atoms with van der Waals surface area (Å²) < 4.78 is 15.2. The molecule has 1 unspecified atom stereocenters. The number of benzene rings is 3. The Hall–Kier alpha value is -4.48. The van der Waals surface area contributed by atoms with Crippen molar-refractivity contribution in [2.45, 2.75) is 18.6 Å². The van der Waals surface area contributed by atoms with E-state index in [4.69, 9.17) is 11.6 Å². The molecule has 0 saturated carbocycles. The van der Waals surface area contributed by atoms with E-state index < -0.39 is 23.5 Å². The third-order valence-corrected chi connectivity index (χ3v) is 7.65. The lowest BCUT2D eigenvalue weighted by molar-refractivity contribution is -0.127. The van der Waals surface area contributed by atoms with Crippen LogP contribution in [0.15, 0.2) is 60.7 Å². The van der Waals surface area contributed by atoms with Crippen LogP contribution in [-0.2, 0) is 10.5 Å². The highest BCUT2D eigenvalue weighted by Crippen LogP contribution is 2.46. The Morgan fingerprint density at radius 1 is 1.15 bits per heavy atom. The zero-order valence-electron chi connectivity index (χ0n) is 21.0. The first-order valence-corrected chi connectivity index (χ1v) is 13.0. The van der Waals surface area contributed by atoms with Gasteiger partial charge in [0.15, 0.2) is 11.5 Å².